The van der Waals surface area contributed by atoms with Gasteiger partial charge < -0.3 is 14.5 Å². The largest absolute Gasteiger partial charge is 0.378 e. The van der Waals surface area contributed by atoms with Gasteiger partial charge in [0.2, 0.25) is 0 Å². The highest BCUT2D eigenvalue weighted by Gasteiger charge is 2.27. The Hall–Kier alpha value is -2.85. The van der Waals surface area contributed by atoms with Crippen molar-refractivity contribution in [3.05, 3.63) is 53.0 Å². The Kier molecular flexibility index (Phi) is 7.18. The second kappa shape index (κ2) is 10.7. The standard InChI is InChI=1S/C29H37N7OS/c1-20-6-5-7-22(18-20)24-10-13-36(32-24)29-30-25-19-26(21(2)34-11-8-23(9-12-34)33(3)4)38-27(25)28(31-29)35-14-16-37-17-15-35/h5-7,10,13,18-19,21,23H,8-9,11-12,14-17H2,1-4H3. The molecule has 1 unspecified atom stereocenters. The lowest BCUT2D eigenvalue weighted by molar-refractivity contribution is 0.116. The molecule has 1 atom stereocenters. The number of ether oxygens (including phenoxy) is 1. The molecule has 38 heavy (non-hydrogen) atoms. The maximum atomic E-state index is 5.65. The maximum Gasteiger partial charge on any atom is 0.253 e. The molecule has 0 N–H and O–H groups in total. The van der Waals surface area contributed by atoms with Gasteiger partial charge in [-0.3, -0.25) is 4.90 Å². The van der Waals surface area contributed by atoms with Gasteiger partial charge in [0.05, 0.1) is 29.1 Å². The van der Waals surface area contributed by atoms with Gasteiger partial charge in [-0.15, -0.1) is 11.3 Å². The van der Waals surface area contributed by atoms with E-state index in [0.29, 0.717) is 18.0 Å². The van der Waals surface area contributed by atoms with Crippen molar-refractivity contribution in [1.29, 1.82) is 0 Å². The number of hydrogen-bond acceptors (Lipinski definition) is 8. The molecule has 2 aliphatic rings. The molecule has 2 fully saturated rings. The second-order valence-electron chi connectivity index (χ2n) is 10.7. The van der Waals surface area contributed by atoms with E-state index in [1.165, 1.54) is 23.3 Å². The smallest absolute Gasteiger partial charge is 0.253 e. The van der Waals surface area contributed by atoms with Gasteiger partial charge in [-0.1, -0.05) is 23.8 Å². The van der Waals surface area contributed by atoms with Crippen molar-refractivity contribution in [3.63, 3.8) is 0 Å². The molecular formula is C29H37N7OS. The first-order valence-corrected chi connectivity index (χ1v) is 14.5. The predicted molar refractivity (Wildman–Crippen MR) is 154 cm³/mol. The fourth-order valence-electron chi connectivity index (χ4n) is 5.58. The van der Waals surface area contributed by atoms with Crippen LogP contribution in [0, 0.1) is 6.92 Å². The number of aryl methyl sites for hydroxylation is 1. The summed E-state index contributed by atoms with van der Waals surface area (Å²) in [6, 6.07) is 13.8. The van der Waals surface area contributed by atoms with E-state index in [2.05, 4.69) is 73.0 Å². The summed E-state index contributed by atoms with van der Waals surface area (Å²) < 4.78 is 8.62. The van der Waals surface area contributed by atoms with E-state index in [1.54, 1.807) is 0 Å². The Balaban J connectivity index is 1.35. The van der Waals surface area contributed by atoms with E-state index in [4.69, 9.17) is 19.8 Å². The third kappa shape index (κ3) is 5.08. The summed E-state index contributed by atoms with van der Waals surface area (Å²) in [4.78, 5) is 18.8. The Labute approximate surface area is 228 Å². The first kappa shape index (κ1) is 25.4. The minimum absolute atomic E-state index is 0.357. The van der Waals surface area contributed by atoms with Crippen molar-refractivity contribution in [3.8, 4) is 17.2 Å². The van der Waals surface area contributed by atoms with Crippen LogP contribution < -0.4 is 4.90 Å². The van der Waals surface area contributed by atoms with Crippen LogP contribution in [0.4, 0.5) is 5.82 Å². The summed E-state index contributed by atoms with van der Waals surface area (Å²) in [5.41, 5.74) is 4.24. The van der Waals surface area contributed by atoms with Crippen LogP contribution in [0.15, 0.2) is 42.6 Å². The summed E-state index contributed by atoms with van der Waals surface area (Å²) in [5.74, 6) is 1.61. The van der Waals surface area contributed by atoms with Gasteiger partial charge >= 0.3 is 0 Å². The van der Waals surface area contributed by atoms with Crippen molar-refractivity contribution >= 4 is 27.4 Å². The number of nitrogens with zero attached hydrogens (tertiary/aromatic N) is 7. The maximum absolute atomic E-state index is 5.65. The Morgan fingerprint density at radius 3 is 2.55 bits per heavy atom. The first-order chi connectivity index (χ1) is 18.5. The van der Waals surface area contributed by atoms with Crippen LogP contribution in [0.3, 0.4) is 0 Å². The SMILES string of the molecule is Cc1cccc(-c2ccn(-c3nc(N4CCOCC4)c4sc(C(C)N5CCC(N(C)C)CC5)cc4n3)n2)c1. The average molecular weight is 532 g/mol. The number of benzene rings is 1. The quantitative estimate of drug-likeness (QED) is 0.355. The molecule has 0 aliphatic carbocycles. The molecule has 0 spiro atoms. The highest BCUT2D eigenvalue weighted by molar-refractivity contribution is 7.19. The van der Waals surface area contributed by atoms with Crippen LogP contribution in [0.1, 0.15) is 36.2 Å². The molecule has 8 nitrogen and oxygen atoms in total. The van der Waals surface area contributed by atoms with Crippen LogP contribution in [-0.2, 0) is 4.74 Å². The van der Waals surface area contributed by atoms with Gasteiger partial charge in [-0.2, -0.15) is 10.1 Å². The monoisotopic (exact) mass is 531 g/mol. The molecule has 0 amide bonds. The van der Waals surface area contributed by atoms with Gasteiger partial charge in [-0.25, -0.2) is 9.67 Å². The van der Waals surface area contributed by atoms with Crippen molar-refractivity contribution in [2.45, 2.75) is 38.8 Å². The molecule has 0 radical (unpaired) electrons. The van der Waals surface area contributed by atoms with Crippen molar-refractivity contribution in [2.75, 3.05) is 58.4 Å². The zero-order valence-corrected chi connectivity index (χ0v) is 23.6. The van der Waals surface area contributed by atoms with E-state index >= 15 is 0 Å². The Morgan fingerprint density at radius 2 is 1.82 bits per heavy atom. The van der Waals surface area contributed by atoms with Gasteiger partial charge in [-0.05, 0) is 59.0 Å². The molecule has 4 aromatic rings. The van der Waals surface area contributed by atoms with Crippen LogP contribution in [-0.4, -0.2) is 89.1 Å². The molecule has 6 rings (SSSR count). The lowest BCUT2D eigenvalue weighted by Crippen LogP contribution is -2.42. The first-order valence-electron chi connectivity index (χ1n) is 13.6. The van der Waals surface area contributed by atoms with Crippen molar-refractivity contribution in [1.82, 2.24) is 29.5 Å². The highest BCUT2D eigenvalue weighted by Crippen LogP contribution is 2.38. The summed E-state index contributed by atoms with van der Waals surface area (Å²) >= 11 is 1.84. The minimum atomic E-state index is 0.357. The molecule has 9 heteroatoms. The third-order valence-electron chi connectivity index (χ3n) is 7.97. The summed E-state index contributed by atoms with van der Waals surface area (Å²) in [5, 5.41) is 4.86. The number of likely N-dealkylation sites (tertiary alicyclic amines) is 1. The number of anilines is 1. The van der Waals surface area contributed by atoms with E-state index < -0.39 is 0 Å². The topological polar surface area (TPSA) is 62.6 Å². The summed E-state index contributed by atoms with van der Waals surface area (Å²) in [6.07, 6.45) is 4.40. The molecule has 1 aromatic carbocycles. The number of fused-ring (bicyclic) bond motifs is 1. The fraction of sp³-hybridized carbons (Fsp3) is 0.483. The number of aromatic nitrogens is 4. The minimum Gasteiger partial charge on any atom is -0.378 e. The van der Waals surface area contributed by atoms with Gasteiger partial charge in [0.25, 0.3) is 5.95 Å². The van der Waals surface area contributed by atoms with Crippen LogP contribution >= 0.6 is 11.3 Å². The van der Waals surface area contributed by atoms with Crippen LogP contribution in [0.25, 0.3) is 27.4 Å². The number of thiophene rings is 1. The van der Waals surface area contributed by atoms with Crippen molar-refractivity contribution in [2.24, 2.45) is 0 Å². The molecule has 3 aromatic heterocycles. The second-order valence-corrected chi connectivity index (χ2v) is 11.8. The molecule has 0 bridgehead atoms. The lowest BCUT2D eigenvalue weighted by atomic mass is 10.0. The normalized spacial score (nSPS) is 18.5. The zero-order valence-electron chi connectivity index (χ0n) is 22.8. The lowest BCUT2D eigenvalue weighted by Gasteiger charge is -2.38. The molecule has 2 aliphatic heterocycles. The predicted octanol–water partition coefficient (Wildman–Crippen LogP) is 4.78. The third-order valence-corrected chi connectivity index (χ3v) is 9.26. The van der Waals surface area contributed by atoms with Crippen LogP contribution in [0.5, 0.6) is 0 Å². The number of morpholine rings is 1. The summed E-state index contributed by atoms with van der Waals surface area (Å²) in [7, 11) is 4.39. The van der Waals surface area contributed by atoms with Gasteiger partial charge in [0.15, 0.2) is 5.82 Å². The number of piperidine rings is 1. The van der Waals surface area contributed by atoms with E-state index in [-0.39, 0.29) is 0 Å². The Morgan fingerprint density at radius 1 is 1.03 bits per heavy atom. The zero-order chi connectivity index (χ0) is 26.2. The van der Waals surface area contributed by atoms with E-state index in [1.807, 2.05) is 28.3 Å². The fourth-order valence-corrected chi connectivity index (χ4v) is 6.78. The van der Waals surface area contributed by atoms with E-state index in [0.717, 1.165) is 66.7 Å². The summed E-state index contributed by atoms with van der Waals surface area (Å²) in [6.45, 7) is 9.79. The van der Waals surface area contributed by atoms with Crippen molar-refractivity contribution < 1.29 is 4.74 Å². The molecule has 2 saturated heterocycles. The van der Waals surface area contributed by atoms with Gasteiger partial charge in [0.1, 0.15) is 0 Å². The number of rotatable bonds is 6. The van der Waals surface area contributed by atoms with E-state index in [9.17, 15) is 0 Å². The van der Waals surface area contributed by atoms with Gasteiger partial charge in [0, 0.05) is 54.9 Å². The molecule has 0 saturated carbocycles. The Bertz CT molecular complexity index is 1400. The average Bonchev–Trinajstić information content (AvgIpc) is 3.61. The highest BCUT2D eigenvalue weighted by atomic mass is 32.1. The molecule has 200 valence electrons. The molecule has 5 heterocycles. The van der Waals surface area contributed by atoms with Crippen LogP contribution in [0.2, 0.25) is 0 Å². The molecular weight excluding hydrogens is 494 g/mol. The number of hydrogen-bond donors (Lipinski definition) is 0.